The number of hydrogen-bond acceptors (Lipinski definition) is 4. The Morgan fingerprint density at radius 1 is 1.32 bits per heavy atom. The van der Waals surface area contributed by atoms with Gasteiger partial charge in [0.25, 0.3) is 5.91 Å². The van der Waals surface area contributed by atoms with Gasteiger partial charge in [0.05, 0.1) is 13.2 Å². The van der Waals surface area contributed by atoms with Crippen molar-refractivity contribution in [1.29, 1.82) is 0 Å². The predicted octanol–water partition coefficient (Wildman–Crippen LogP) is 1.90. The highest BCUT2D eigenvalue weighted by atomic mass is 16.5. The van der Waals surface area contributed by atoms with Crippen LogP contribution in [0.25, 0.3) is 0 Å². The van der Waals surface area contributed by atoms with Crippen LogP contribution in [0.1, 0.15) is 34.8 Å². The number of amides is 1. The molecule has 1 atom stereocenters. The van der Waals surface area contributed by atoms with Crippen LogP contribution in [-0.4, -0.2) is 42.3 Å². The highest BCUT2D eigenvalue weighted by molar-refractivity contribution is 6.04. The SMILES string of the molecule is CCOC(=O)C1CCN(C(=O)c2ccc(C)cc2C)CC1=O. The molecule has 22 heavy (non-hydrogen) atoms. The Morgan fingerprint density at radius 2 is 2.05 bits per heavy atom. The number of carbonyl (C=O) groups is 3. The number of aryl methyl sites for hydroxylation is 2. The molecule has 5 nitrogen and oxygen atoms in total. The molecule has 0 saturated carbocycles. The van der Waals surface area contributed by atoms with Gasteiger partial charge in [0, 0.05) is 12.1 Å². The van der Waals surface area contributed by atoms with Gasteiger partial charge in [-0.25, -0.2) is 0 Å². The highest BCUT2D eigenvalue weighted by Gasteiger charge is 2.35. The molecule has 0 spiro atoms. The first-order valence-electron chi connectivity index (χ1n) is 7.50. The number of rotatable bonds is 3. The number of piperidine rings is 1. The van der Waals surface area contributed by atoms with Crippen molar-refractivity contribution in [2.45, 2.75) is 27.2 Å². The molecule has 1 amide bonds. The van der Waals surface area contributed by atoms with Crippen molar-refractivity contribution < 1.29 is 19.1 Å². The Hall–Kier alpha value is -2.17. The van der Waals surface area contributed by atoms with Gasteiger partial charge in [-0.1, -0.05) is 17.7 Å². The molecule has 1 saturated heterocycles. The van der Waals surface area contributed by atoms with E-state index in [1.54, 1.807) is 13.0 Å². The molecule has 1 heterocycles. The van der Waals surface area contributed by atoms with Gasteiger partial charge in [-0.3, -0.25) is 14.4 Å². The minimum Gasteiger partial charge on any atom is -0.465 e. The summed E-state index contributed by atoms with van der Waals surface area (Å²) in [4.78, 5) is 37.8. The van der Waals surface area contributed by atoms with Gasteiger partial charge < -0.3 is 9.64 Å². The Balaban J connectivity index is 2.08. The van der Waals surface area contributed by atoms with Crippen molar-refractivity contribution in [1.82, 2.24) is 4.90 Å². The van der Waals surface area contributed by atoms with E-state index in [-0.39, 0.29) is 24.8 Å². The monoisotopic (exact) mass is 303 g/mol. The quantitative estimate of drug-likeness (QED) is 0.632. The number of esters is 1. The average Bonchev–Trinajstić information content (AvgIpc) is 2.46. The molecule has 118 valence electrons. The summed E-state index contributed by atoms with van der Waals surface area (Å²) in [7, 11) is 0. The third-order valence-electron chi connectivity index (χ3n) is 3.89. The maximum atomic E-state index is 12.5. The van der Waals surface area contributed by atoms with Gasteiger partial charge in [-0.15, -0.1) is 0 Å². The fourth-order valence-corrected chi connectivity index (χ4v) is 2.71. The normalized spacial score (nSPS) is 18.2. The molecule has 0 N–H and O–H groups in total. The van der Waals surface area contributed by atoms with Crippen LogP contribution in [0.5, 0.6) is 0 Å². The topological polar surface area (TPSA) is 63.7 Å². The molecule has 1 unspecified atom stereocenters. The second-order valence-corrected chi connectivity index (χ2v) is 5.60. The van der Waals surface area contributed by atoms with E-state index in [9.17, 15) is 14.4 Å². The molecule has 2 rings (SSSR count). The molecular weight excluding hydrogens is 282 g/mol. The first-order chi connectivity index (χ1) is 10.4. The maximum absolute atomic E-state index is 12.5. The third kappa shape index (κ3) is 3.35. The van der Waals surface area contributed by atoms with Crippen molar-refractivity contribution in [2.75, 3.05) is 19.7 Å². The van der Waals surface area contributed by atoms with Gasteiger partial charge in [-0.05, 0) is 38.8 Å². The summed E-state index contributed by atoms with van der Waals surface area (Å²) in [5.41, 5.74) is 2.59. The van der Waals surface area contributed by atoms with Crippen LogP contribution in [-0.2, 0) is 14.3 Å². The lowest BCUT2D eigenvalue weighted by molar-refractivity contribution is -0.153. The molecule has 1 aliphatic heterocycles. The van der Waals surface area contributed by atoms with Gasteiger partial charge in [0.1, 0.15) is 5.92 Å². The van der Waals surface area contributed by atoms with Crippen LogP contribution in [0.4, 0.5) is 0 Å². The van der Waals surface area contributed by atoms with Crippen LogP contribution in [0.3, 0.4) is 0 Å². The Labute approximate surface area is 130 Å². The molecule has 5 heteroatoms. The van der Waals surface area contributed by atoms with Crippen LogP contribution in [0, 0.1) is 19.8 Å². The summed E-state index contributed by atoms with van der Waals surface area (Å²) in [5.74, 6) is -1.62. The summed E-state index contributed by atoms with van der Waals surface area (Å²) in [6.45, 7) is 6.18. The molecule has 1 aromatic carbocycles. The second kappa shape index (κ2) is 6.73. The predicted molar refractivity (Wildman–Crippen MR) is 81.6 cm³/mol. The van der Waals surface area contributed by atoms with Crippen LogP contribution in [0.2, 0.25) is 0 Å². The number of hydrogen-bond donors (Lipinski definition) is 0. The number of ether oxygens (including phenoxy) is 1. The summed E-state index contributed by atoms with van der Waals surface area (Å²) < 4.78 is 4.90. The van der Waals surface area contributed by atoms with Gasteiger partial charge >= 0.3 is 5.97 Å². The van der Waals surface area contributed by atoms with Gasteiger partial charge in [-0.2, -0.15) is 0 Å². The molecule has 0 radical (unpaired) electrons. The number of ketones is 1. The van der Waals surface area contributed by atoms with E-state index >= 15 is 0 Å². The minimum absolute atomic E-state index is 0.0321. The Kier molecular flexibility index (Phi) is 4.96. The first kappa shape index (κ1) is 16.2. The lowest BCUT2D eigenvalue weighted by Gasteiger charge is -2.30. The van der Waals surface area contributed by atoms with Crippen LogP contribution < -0.4 is 0 Å². The zero-order valence-corrected chi connectivity index (χ0v) is 13.2. The molecule has 0 bridgehead atoms. The van der Waals surface area contributed by atoms with Crippen molar-refractivity contribution in [2.24, 2.45) is 5.92 Å². The summed E-state index contributed by atoms with van der Waals surface area (Å²) in [6.07, 6.45) is 0.328. The van der Waals surface area contributed by atoms with Crippen molar-refractivity contribution >= 4 is 17.7 Å². The molecule has 1 aromatic rings. The van der Waals surface area contributed by atoms with Crippen molar-refractivity contribution in [3.8, 4) is 0 Å². The zero-order valence-electron chi connectivity index (χ0n) is 13.2. The van der Waals surface area contributed by atoms with Crippen molar-refractivity contribution in [3.05, 3.63) is 34.9 Å². The number of Topliss-reactive ketones (excluding diaryl/α,β-unsaturated/α-hetero) is 1. The van der Waals surface area contributed by atoms with Crippen molar-refractivity contribution in [3.63, 3.8) is 0 Å². The number of carbonyl (C=O) groups excluding carboxylic acids is 3. The van der Waals surface area contributed by atoms with Gasteiger partial charge in [0.2, 0.25) is 0 Å². The van der Waals surface area contributed by atoms with E-state index in [4.69, 9.17) is 4.74 Å². The Bertz CT molecular complexity index is 609. The highest BCUT2D eigenvalue weighted by Crippen LogP contribution is 2.20. The standard InChI is InChI=1S/C17H21NO4/c1-4-22-17(21)14-7-8-18(10-15(14)19)16(20)13-6-5-11(2)9-12(13)3/h5-6,9,14H,4,7-8,10H2,1-3H3. The molecule has 1 fully saturated rings. The fraction of sp³-hybridized carbons (Fsp3) is 0.471. The van der Waals surface area contributed by atoms with E-state index in [2.05, 4.69) is 0 Å². The van der Waals surface area contributed by atoms with E-state index < -0.39 is 11.9 Å². The molecule has 0 aromatic heterocycles. The largest absolute Gasteiger partial charge is 0.465 e. The smallest absolute Gasteiger partial charge is 0.316 e. The molecular formula is C17H21NO4. The van der Waals surface area contributed by atoms with Crippen LogP contribution >= 0.6 is 0 Å². The van der Waals surface area contributed by atoms with E-state index in [0.717, 1.165) is 11.1 Å². The third-order valence-corrected chi connectivity index (χ3v) is 3.89. The minimum atomic E-state index is -0.733. The zero-order chi connectivity index (χ0) is 16.3. The second-order valence-electron chi connectivity index (χ2n) is 5.60. The number of nitrogens with zero attached hydrogens (tertiary/aromatic N) is 1. The lowest BCUT2D eigenvalue weighted by Crippen LogP contribution is -2.46. The van der Waals surface area contributed by atoms with E-state index in [0.29, 0.717) is 18.5 Å². The van der Waals surface area contributed by atoms with E-state index in [1.807, 2.05) is 26.0 Å². The molecule has 1 aliphatic rings. The maximum Gasteiger partial charge on any atom is 0.316 e. The van der Waals surface area contributed by atoms with E-state index in [1.165, 1.54) is 4.90 Å². The average molecular weight is 303 g/mol. The summed E-state index contributed by atoms with van der Waals surface area (Å²) in [6, 6.07) is 5.61. The summed E-state index contributed by atoms with van der Waals surface area (Å²) in [5, 5.41) is 0. The number of benzene rings is 1. The summed E-state index contributed by atoms with van der Waals surface area (Å²) >= 11 is 0. The molecule has 0 aliphatic carbocycles. The fourth-order valence-electron chi connectivity index (χ4n) is 2.71. The Morgan fingerprint density at radius 3 is 2.64 bits per heavy atom. The number of likely N-dealkylation sites (tertiary alicyclic amines) is 1. The first-order valence-corrected chi connectivity index (χ1v) is 7.50. The lowest BCUT2D eigenvalue weighted by atomic mass is 9.94. The van der Waals surface area contributed by atoms with Crippen LogP contribution in [0.15, 0.2) is 18.2 Å². The van der Waals surface area contributed by atoms with Gasteiger partial charge in [0.15, 0.2) is 5.78 Å².